The van der Waals surface area contributed by atoms with Crippen molar-refractivity contribution < 1.29 is 0 Å². The van der Waals surface area contributed by atoms with Crippen LogP contribution in [0.4, 0.5) is 0 Å². The third-order valence-corrected chi connectivity index (χ3v) is 4.25. The lowest BCUT2D eigenvalue weighted by Gasteiger charge is -2.33. The molecule has 0 radical (unpaired) electrons. The second-order valence-corrected chi connectivity index (χ2v) is 6.99. The first-order chi connectivity index (χ1) is 8.61. The maximum atomic E-state index is 3.49. The van der Waals surface area contributed by atoms with Crippen LogP contribution in [-0.4, -0.2) is 30.6 Å². The van der Waals surface area contributed by atoms with Gasteiger partial charge in [0.05, 0.1) is 0 Å². The predicted octanol–water partition coefficient (Wildman–Crippen LogP) is 3.35. The highest BCUT2D eigenvalue weighted by Gasteiger charge is 2.32. The number of nitrogens with one attached hydrogen (secondary N) is 1. The molecule has 1 aliphatic carbocycles. The molecule has 3 heteroatoms. The van der Waals surface area contributed by atoms with E-state index in [0.29, 0.717) is 5.41 Å². The fourth-order valence-electron chi connectivity index (χ4n) is 2.44. The van der Waals surface area contributed by atoms with Crippen LogP contribution in [0.2, 0.25) is 0 Å². The summed E-state index contributed by atoms with van der Waals surface area (Å²) in [5.41, 5.74) is 1.83. The van der Waals surface area contributed by atoms with E-state index < -0.39 is 0 Å². The molecule has 0 amide bonds. The zero-order valence-corrected chi connectivity index (χ0v) is 12.7. The van der Waals surface area contributed by atoms with Gasteiger partial charge in [-0.1, -0.05) is 20.8 Å². The fourth-order valence-corrected chi connectivity index (χ4v) is 3.10. The SMILES string of the molecule is CCNCC(C)(C)CN(Cc1ccsc1)C1CC1. The Balaban J connectivity index is 1.89. The molecule has 0 aromatic carbocycles. The molecule has 0 spiro atoms. The maximum absolute atomic E-state index is 3.49. The molecule has 1 aromatic rings. The van der Waals surface area contributed by atoms with E-state index in [9.17, 15) is 0 Å². The largest absolute Gasteiger partial charge is 0.316 e. The number of hydrogen-bond donors (Lipinski definition) is 1. The van der Waals surface area contributed by atoms with Crippen LogP contribution in [0, 0.1) is 5.41 Å². The van der Waals surface area contributed by atoms with Crippen molar-refractivity contribution in [1.82, 2.24) is 10.2 Å². The number of hydrogen-bond acceptors (Lipinski definition) is 3. The number of rotatable bonds is 8. The van der Waals surface area contributed by atoms with E-state index in [1.807, 2.05) is 0 Å². The van der Waals surface area contributed by atoms with Gasteiger partial charge >= 0.3 is 0 Å². The third kappa shape index (κ3) is 4.38. The molecule has 0 unspecified atom stereocenters. The Morgan fingerprint density at radius 2 is 2.22 bits per heavy atom. The Morgan fingerprint density at radius 1 is 1.44 bits per heavy atom. The van der Waals surface area contributed by atoms with Crippen LogP contribution in [0.1, 0.15) is 39.2 Å². The smallest absolute Gasteiger partial charge is 0.0245 e. The summed E-state index contributed by atoms with van der Waals surface area (Å²) >= 11 is 1.81. The molecule has 1 saturated carbocycles. The molecule has 2 rings (SSSR count). The molecule has 2 nitrogen and oxygen atoms in total. The van der Waals surface area contributed by atoms with Gasteiger partial charge in [-0.15, -0.1) is 0 Å². The van der Waals surface area contributed by atoms with Gasteiger partial charge in [-0.2, -0.15) is 11.3 Å². The zero-order valence-electron chi connectivity index (χ0n) is 11.9. The Hall–Kier alpha value is -0.380. The lowest BCUT2D eigenvalue weighted by Crippen LogP contribution is -2.41. The summed E-state index contributed by atoms with van der Waals surface area (Å²) in [5.74, 6) is 0. The van der Waals surface area contributed by atoms with Crippen LogP contribution in [0.5, 0.6) is 0 Å². The second-order valence-electron chi connectivity index (χ2n) is 6.21. The van der Waals surface area contributed by atoms with E-state index in [2.05, 4.69) is 47.8 Å². The average molecular weight is 266 g/mol. The van der Waals surface area contributed by atoms with E-state index >= 15 is 0 Å². The zero-order chi connectivity index (χ0) is 13.0. The molecule has 0 bridgehead atoms. The van der Waals surface area contributed by atoms with Crippen LogP contribution in [0.25, 0.3) is 0 Å². The standard InChI is InChI=1S/C15H26N2S/c1-4-16-11-15(2,3)12-17(14-5-6-14)9-13-7-8-18-10-13/h7-8,10,14,16H,4-6,9,11-12H2,1-3H3. The van der Waals surface area contributed by atoms with Crippen LogP contribution >= 0.6 is 11.3 Å². The van der Waals surface area contributed by atoms with Crippen LogP contribution in [0.15, 0.2) is 16.8 Å². The summed E-state index contributed by atoms with van der Waals surface area (Å²) in [7, 11) is 0. The third-order valence-electron chi connectivity index (χ3n) is 3.51. The molecule has 1 heterocycles. The summed E-state index contributed by atoms with van der Waals surface area (Å²) < 4.78 is 0. The quantitative estimate of drug-likeness (QED) is 0.776. The van der Waals surface area contributed by atoms with Gasteiger partial charge in [0, 0.05) is 25.7 Å². The highest BCUT2D eigenvalue weighted by atomic mass is 32.1. The first kappa shape index (κ1) is 14.0. The van der Waals surface area contributed by atoms with Crippen molar-refractivity contribution >= 4 is 11.3 Å². The molecular formula is C15H26N2S. The highest BCUT2D eigenvalue weighted by molar-refractivity contribution is 7.07. The van der Waals surface area contributed by atoms with Gasteiger partial charge in [-0.3, -0.25) is 4.90 Å². The topological polar surface area (TPSA) is 15.3 Å². The highest BCUT2D eigenvalue weighted by Crippen LogP contribution is 2.31. The van der Waals surface area contributed by atoms with Gasteiger partial charge in [0.1, 0.15) is 0 Å². The van der Waals surface area contributed by atoms with E-state index in [4.69, 9.17) is 0 Å². The van der Waals surface area contributed by atoms with Crippen molar-refractivity contribution in [3.8, 4) is 0 Å². The van der Waals surface area contributed by atoms with Gasteiger partial charge in [-0.25, -0.2) is 0 Å². The minimum Gasteiger partial charge on any atom is -0.316 e. The van der Waals surface area contributed by atoms with E-state index in [1.165, 1.54) is 24.9 Å². The summed E-state index contributed by atoms with van der Waals surface area (Å²) in [6.45, 7) is 11.4. The maximum Gasteiger partial charge on any atom is 0.0245 e. The van der Waals surface area contributed by atoms with Gasteiger partial charge in [-0.05, 0) is 47.2 Å². The average Bonchev–Trinajstić information content (AvgIpc) is 3.05. The molecule has 1 aromatic heterocycles. The van der Waals surface area contributed by atoms with Crippen LogP contribution in [0.3, 0.4) is 0 Å². The minimum atomic E-state index is 0.356. The molecule has 1 N–H and O–H groups in total. The molecular weight excluding hydrogens is 240 g/mol. The Kier molecular flexibility index (Phi) is 4.82. The van der Waals surface area contributed by atoms with Crippen molar-refractivity contribution in [3.05, 3.63) is 22.4 Å². The lowest BCUT2D eigenvalue weighted by atomic mass is 9.92. The van der Waals surface area contributed by atoms with Crippen molar-refractivity contribution in [2.24, 2.45) is 5.41 Å². The second kappa shape index (κ2) is 6.18. The van der Waals surface area contributed by atoms with Crippen LogP contribution < -0.4 is 5.32 Å². The van der Waals surface area contributed by atoms with E-state index in [0.717, 1.165) is 25.7 Å². The summed E-state index contributed by atoms with van der Waals surface area (Å²) in [6.07, 6.45) is 2.78. The fraction of sp³-hybridized carbons (Fsp3) is 0.733. The molecule has 102 valence electrons. The number of thiophene rings is 1. The Bertz CT molecular complexity index is 341. The minimum absolute atomic E-state index is 0.356. The summed E-state index contributed by atoms with van der Waals surface area (Å²) in [6, 6.07) is 3.10. The van der Waals surface area contributed by atoms with E-state index in [-0.39, 0.29) is 0 Å². The predicted molar refractivity (Wildman–Crippen MR) is 80.1 cm³/mol. The Morgan fingerprint density at radius 3 is 2.78 bits per heavy atom. The lowest BCUT2D eigenvalue weighted by molar-refractivity contribution is 0.160. The van der Waals surface area contributed by atoms with Crippen molar-refractivity contribution in [2.75, 3.05) is 19.6 Å². The van der Waals surface area contributed by atoms with Crippen LogP contribution in [-0.2, 0) is 6.54 Å². The summed E-state index contributed by atoms with van der Waals surface area (Å²) in [4.78, 5) is 2.68. The first-order valence-corrected chi connectivity index (χ1v) is 8.01. The van der Waals surface area contributed by atoms with Crippen molar-refractivity contribution in [2.45, 2.75) is 46.2 Å². The summed E-state index contributed by atoms with van der Waals surface area (Å²) in [5, 5.41) is 7.96. The van der Waals surface area contributed by atoms with E-state index in [1.54, 1.807) is 11.3 Å². The van der Waals surface area contributed by atoms with Gasteiger partial charge in [0.15, 0.2) is 0 Å². The van der Waals surface area contributed by atoms with Gasteiger partial charge in [0.2, 0.25) is 0 Å². The molecule has 1 fully saturated rings. The molecule has 1 aliphatic rings. The molecule has 0 atom stereocenters. The normalized spacial score (nSPS) is 16.4. The number of nitrogens with zero attached hydrogens (tertiary/aromatic N) is 1. The monoisotopic (exact) mass is 266 g/mol. The van der Waals surface area contributed by atoms with Crippen molar-refractivity contribution in [1.29, 1.82) is 0 Å². The molecule has 0 aliphatic heterocycles. The van der Waals surface area contributed by atoms with Gasteiger partial charge in [0.25, 0.3) is 0 Å². The molecule has 18 heavy (non-hydrogen) atoms. The molecule has 0 saturated heterocycles. The first-order valence-electron chi connectivity index (χ1n) is 7.06. The Labute approximate surface area is 115 Å². The van der Waals surface area contributed by atoms with Gasteiger partial charge < -0.3 is 5.32 Å². The van der Waals surface area contributed by atoms with Crippen molar-refractivity contribution in [3.63, 3.8) is 0 Å².